The van der Waals surface area contributed by atoms with E-state index in [1.165, 1.54) is 18.2 Å². The molecule has 0 spiro atoms. The first-order valence-corrected chi connectivity index (χ1v) is 6.49. The molecule has 0 atom stereocenters. The fraction of sp³-hybridized carbons (Fsp3) is 0. The van der Waals surface area contributed by atoms with Crippen LogP contribution in [0.1, 0.15) is 20.7 Å². The lowest BCUT2D eigenvalue weighted by atomic mass is 10.2. The van der Waals surface area contributed by atoms with Gasteiger partial charge in [0.15, 0.2) is 0 Å². The zero-order valence-corrected chi connectivity index (χ0v) is 11.8. The quantitative estimate of drug-likeness (QED) is 0.665. The molecule has 0 aromatic heterocycles. The Morgan fingerprint density at radius 2 is 2.00 bits per heavy atom. The third kappa shape index (κ3) is 3.37. The number of benzene rings is 2. The zero-order valence-electron chi connectivity index (χ0n) is 9.69. The number of aldehydes is 1. The molecule has 0 bridgehead atoms. The second kappa shape index (κ2) is 5.92. The SMILES string of the molecule is O=Cc1cccc(NC(=O)c2ccc(F)cc2I)c1. The number of carbonyl (C=O) groups is 2. The van der Waals surface area contributed by atoms with E-state index in [-0.39, 0.29) is 11.7 Å². The van der Waals surface area contributed by atoms with Gasteiger partial charge in [-0.05, 0) is 52.9 Å². The zero-order chi connectivity index (χ0) is 13.8. The Balaban J connectivity index is 2.22. The summed E-state index contributed by atoms with van der Waals surface area (Å²) in [6.07, 6.45) is 0.706. The van der Waals surface area contributed by atoms with Crippen LogP contribution in [-0.4, -0.2) is 12.2 Å². The third-order valence-corrected chi connectivity index (χ3v) is 3.35. The van der Waals surface area contributed by atoms with E-state index < -0.39 is 0 Å². The lowest BCUT2D eigenvalue weighted by molar-refractivity contribution is 0.102. The van der Waals surface area contributed by atoms with Gasteiger partial charge >= 0.3 is 0 Å². The van der Waals surface area contributed by atoms with Crippen molar-refractivity contribution in [3.63, 3.8) is 0 Å². The molecule has 19 heavy (non-hydrogen) atoms. The van der Waals surface area contributed by atoms with Gasteiger partial charge in [0.1, 0.15) is 12.1 Å². The van der Waals surface area contributed by atoms with Crippen molar-refractivity contribution in [2.75, 3.05) is 5.32 Å². The average molecular weight is 369 g/mol. The summed E-state index contributed by atoms with van der Waals surface area (Å²) in [7, 11) is 0. The first-order chi connectivity index (χ1) is 9.10. The predicted octanol–water partition coefficient (Wildman–Crippen LogP) is 3.50. The summed E-state index contributed by atoms with van der Waals surface area (Å²) in [6, 6.07) is 10.5. The molecule has 0 aliphatic heterocycles. The number of carbonyl (C=O) groups excluding carboxylic acids is 2. The summed E-state index contributed by atoms with van der Waals surface area (Å²) in [4.78, 5) is 22.7. The highest BCUT2D eigenvalue weighted by atomic mass is 127. The van der Waals surface area contributed by atoms with E-state index >= 15 is 0 Å². The maximum absolute atomic E-state index is 13.0. The molecule has 0 radical (unpaired) electrons. The Bertz CT molecular complexity index is 643. The standard InChI is InChI=1S/C14H9FINO2/c15-10-4-5-12(13(16)7-10)14(19)17-11-3-1-2-9(6-11)8-18/h1-8H,(H,17,19). The van der Waals surface area contributed by atoms with Crippen LogP contribution in [0.25, 0.3) is 0 Å². The van der Waals surface area contributed by atoms with Gasteiger partial charge in [0, 0.05) is 14.8 Å². The van der Waals surface area contributed by atoms with Gasteiger partial charge < -0.3 is 5.32 Å². The molecule has 2 aromatic rings. The van der Waals surface area contributed by atoms with Crippen molar-refractivity contribution in [3.8, 4) is 0 Å². The summed E-state index contributed by atoms with van der Waals surface area (Å²) in [5.74, 6) is -0.726. The minimum absolute atomic E-state index is 0.340. The summed E-state index contributed by atoms with van der Waals surface area (Å²) in [6.45, 7) is 0. The summed E-state index contributed by atoms with van der Waals surface area (Å²) in [5.41, 5.74) is 1.39. The van der Waals surface area contributed by atoms with Crippen molar-refractivity contribution >= 4 is 40.5 Å². The van der Waals surface area contributed by atoms with Gasteiger partial charge in [0.05, 0.1) is 5.56 Å². The van der Waals surface area contributed by atoms with E-state index in [2.05, 4.69) is 5.32 Å². The molecule has 0 saturated heterocycles. The lowest BCUT2D eigenvalue weighted by Crippen LogP contribution is -2.13. The molecule has 0 aliphatic rings. The van der Waals surface area contributed by atoms with Crippen molar-refractivity contribution in [1.29, 1.82) is 0 Å². The fourth-order valence-electron chi connectivity index (χ4n) is 1.56. The maximum Gasteiger partial charge on any atom is 0.256 e. The highest BCUT2D eigenvalue weighted by Crippen LogP contribution is 2.16. The number of amides is 1. The van der Waals surface area contributed by atoms with Crippen molar-refractivity contribution in [1.82, 2.24) is 0 Å². The fourth-order valence-corrected chi connectivity index (χ4v) is 2.28. The van der Waals surface area contributed by atoms with Crippen LogP contribution in [0.4, 0.5) is 10.1 Å². The second-order valence-electron chi connectivity index (χ2n) is 3.82. The van der Waals surface area contributed by atoms with E-state index in [0.29, 0.717) is 26.7 Å². The highest BCUT2D eigenvalue weighted by Gasteiger charge is 2.11. The maximum atomic E-state index is 13.0. The van der Waals surface area contributed by atoms with Gasteiger partial charge in [-0.2, -0.15) is 0 Å². The summed E-state index contributed by atoms with van der Waals surface area (Å²) >= 11 is 1.90. The number of rotatable bonds is 3. The molecule has 0 saturated carbocycles. The molecule has 96 valence electrons. The molecule has 1 N–H and O–H groups in total. The van der Waals surface area contributed by atoms with Crippen LogP contribution in [0.5, 0.6) is 0 Å². The first kappa shape index (κ1) is 13.7. The Morgan fingerprint density at radius 1 is 1.21 bits per heavy atom. The normalized spacial score (nSPS) is 10.0. The number of hydrogen-bond acceptors (Lipinski definition) is 2. The van der Waals surface area contributed by atoms with Gasteiger partial charge in [0.2, 0.25) is 0 Å². The average Bonchev–Trinajstić information content (AvgIpc) is 2.38. The van der Waals surface area contributed by atoms with Gasteiger partial charge in [-0.25, -0.2) is 4.39 Å². The summed E-state index contributed by atoms with van der Waals surface area (Å²) in [5, 5.41) is 2.67. The number of nitrogens with one attached hydrogen (secondary N) is 1. The molecule has 0 heterocycles. The van der Waals surface area contributed by atoms with E-state index in [1.54, 1.807) is 24.3 Å². The third-order valence-electron chi connectivity index (χ3n) is 2.46. The van der Waals surface area contributed by atoms with E-state index in [4.69, 9.17) is 0 Å². The van der Waals surface area contributed by atoms with E-state index in [0.717, 1.165) is 0 Å². The Morgan fingerprint density at radius 3 is 2.68 bits per heavy atom. The Hall–Kier alpha value is -1.76. The van der Waals surface area contributed by atoms with Crippen LogP contribution in [0.3, 0.4) is 0 Å². The van der Waals surface area contributed by atoms with Crippen LogP contribution in [0, 0.1) is 9.39 Å². The number of anilines is 1. The molecule has 0 fully saturated rings. The lowest BCUT2D eigenvalue weighted by Gasteiger charge is -2.07. The summed E-state index contributed by atoms with van der Waals surface area (Å²) < 4.78 is 13.5. The minimum atomic E-state index is -0.385. The number of hydrogen-bond donors (Lipinski definition) is 1. The molecule has 5 heteroatoms. The Labute approximate surface area is 123 Å². The van der Waals surface area contributed by atoms with Crippen LogP contribution in [-0.2, 0) is 0 Å². The monoisotopic (exact) mass is 369 g/mol. The Kier molecular flexibility index (Phi) is 4.26. The van der Waals surface area contributed by atoms with Gasteiger partial charge in [-0.1, -0.05) is 12.1 Å². The smallest absolute Gasteiger partial charge is 0.256 e. The largest absolute Gasteiger partial charge is 0.322 e. The second-order valence-corrected chi connectivity index (χ2v) is 4.98. The molecule has 2 rings (SSSR count). The van der Waals surface area contributed by atoms with Crippen LogP contribution in [0.15, 0.2) is 42.5 Å². The van der Waals surface area contributed by atoms with Gasteiger partial charge in [0.25, 0.3) is 5.91 Å². The first-order valence-electron chi connectivity index (χ1n) is 5.42. The van der Waals surface area contributed by atoms with Crippen molar-refractivity contribution in [2.45, 2.75) is 0 Å². The van der Waals surface area contributed by atoms with E-state index in [1.807, 2.05) is 22.6 Å². The van der Waals surface area contributed by atoms with Gasteiger partial charge in [-0.3, -0.25) is 9.59 Å². The topological polar surface area (TPSA) is 46.2 Å². The van der Waals surface area contributed by atoms with Crippen molar-refractivity contribution in [2.24, 2.45) is 0 Å². The molecule has 0 aliphatic carbocycles. The highest BCUT2D eigenvalue weighted by molar-refractivity contribution is 14.1. The minimum Gasteiger partial charge on any atom is -0.322 e. The molecule has 2 aromatic carbocycles. The van der Waals surface area contributed by atoms with Crippen LogP contribution < -0.4 is 5.32 Å². The van der Waals surface area contributed by atoms with Crippen molar-refractivity contribution < 1.29 is 14.0 Å². The molecule has 1 amide bonds. The van der Waals surface area contributed by atoms with Gasteiger partial charge in [-0.15, -0.1) is 0 Å². The molecular weight excluding hydrogens is 360 g/mol. The van der Waals surface area contributed by atoms with Crippen molar-refractivity contribution in [3.05, 3.63) is 63.0 Å². The van der Waals surface area contributed by atoms with Crippen LogP contribution >= 0.6 is 22.6 Å². The molecular formula is C14H9FINO2. The van der Waals surface area contributed by atoms with E-state index in [9.17, 15) is 14.0 Å². The molecule has 0 unspecified atom stereocenters. The number of halogens is 2. The van der Waals surface area contributed by atoms with Crippen LogP contribution in [0.2, 0.25) is 0 Å². The predicted molar refractivity (Wildman–Crippen MR) is 78.9 cm³/mol. The molecule has 3 nitrogen and oxygen atoms in total.